The van der Waals surface area contributed by atoms with Crippen LogP contribution in [0.2, 0.25) is 0 Å². The third kappa shape index (κ3) is 7.04. The van der Waals surface area contributed by atoms with Gasteiger partial charge in [0.2, 0.25) is 0 Å². The number of ether oxygens (including phenoxy) is 2. The van der Waals surface area contributed by atoms with Crippen LogP contribution in [-0.2, 0) is 9.53 Å². The molecule has 9 heteroatoms. The lowest BCUT2D eigenvalue weighted by atomic mass is 10.0. The van der Waals surface area contributed by atoms with Crippen molar-refractivity contribution in [2.75, 3.05) is 13.2 Å². The molecule has 0 aliphatic carbocycles. The van der Waals surface area contributed by atoms with Crippen LogP contribution in [0.1, 0.15) is 28.4 Å². The molecule has 2 rings (SSSR count). The van der Waals surface area contributed by atoms with Crippen molar-refractivity contribution in [1.29, 1.82) is 0 Å². The van der Waals surface area contributed by atoms with Crippen LogP contribution in [-0.4, -0.2) is 41.4 Å². The van der Waals surface area contributed by atoms with Gasteiger partial charge in [-0.1, -0.05) is 42.5 Å². The first-order valence-electron chi connectivity index (χ1n) is 9.05. The fraction of sp³-hybridized carbons (Fsp3) is 0.190. The lowest BCUT2D eigenvalue weighted by molar-refractivity contribution is -0.124. The quantitative estimate of drug-likeness (QED) is 0.280. The maximum atomic E-state index is 12.3. The second-order valence-electron chi connectivity index (χ2n) is 5.94. The Morgan fingerprint density at radius 3 is 2.43 bits per heavy atom. The van der Waals surface area contributed by atoms with Gasteiger partial charge in [0.15, 0.2) is 0 Å². The normalized spacial score (nSPS) is 11.5. The zero-order valence-corrected chi connectivity index (χ0v) is 16.0. The standard InChI is InChI=1S/C21H22N2O7/c24-13-14-29-17-10-5-4-9-16(17)18(11-6-12-19(25)23-28)30-21(27)22-20(26)15-7-2-1-3-8-15/h1-10,12,18,24,28H,11,13-14H2,(H,23,25)(H,22,26,27)/b12-6+/t18-/m0/s1. The molecule has 158 valence electrons. The van der Waals surface area contributed by atoms with Crippen LogP contribution < -0.4 is 15.5 Å². The van der Waals surface area contributed by atoms with Crippen molar-refractivity contribution < 1.29 is 34.2 Å². The topological polar surface area (TPSA) is 134 Å². The monoisotopic (exact) mass is 414 g/mol. The minimum Gasteiger partial charge on any atom is -0.491 e. The van der Waals surface area contributed by atoms with Crippen LogP contribution >= 0.6 is 0 Å². The maximum absolute atomic E-state index is 12.3. The van der Waals surface area contributed by atoms with Crippen molar-refractivity contribution in [3.8, 4) is 5.75 Å². The molecule has 2 aromatic carbocycles. The molecule has 0 aliphatic heterocycles. The molecule has 0 aromatic heterocycles. The van der Waals surface area contributed by atoms with E-state index in [9.17, 15) is 14.4 Å². The molecule has 0 radical (unpaired) electrons. The van der Waals surface area contributed by atoms with Gasteiger partial charge in [-0.05, 0) is 18.2 Å². The first-order chi connectivity index (χ1) is 14.5. The molecule has 0 bridgehead atoms. The number of carbonyl (C=O) groups is 3. The third-order valence-electron chi connectivity index (χ3n) is 3.85. The number of nitrogens with one attached hydrogen (secondary N) is 2. The van der Waals surface area contributed by atoms with Gasteiger partial charge in [0.05, 0.1) is 6.61 Å². The highest BCUT2D eigenvalue weighted by atomic mass is 16.6. The number of hydroxylamine groups is 1. The molecule has 0 fully saturated rings. The number of para-hydroxylation sites is 1. The summed E-state index contributed by atoms with van der Waals surface area (Å²) in [7, 11) is 0. The number of amides is 3. The molecular weight excluding hydrogens is 392 g/mol. The van der Waals surface area contributed by atoms with Gasteiger partial charge in [0.25, 0.3) is 11.8 Å². The van der Waals surface area contributed by atoms with Crippen molar-refractivity contribution >= 4 is 17.9 Å². The predicted octanol–water partition coefficient (Wildman–Crippen LogP) is 2.12. The van der Waals surface area contributed by atoms with Crippen LogP contribution in [0.4, 0.5) is 4.79 Å². The Hall–Kier alpha value is -3.69. The summed E-state index contributed by atoms with van der Waals surface area (Å²) in [5.41, 5.74) is 2.22. The Labute approximate surface area is 172 Å². The summed E-state index contributed by atoms with van der Waals surface area (Å²) < 4.78 is 10.9. The first kappa shape index (κ1) is 22.6. The van der Waals surface area contributed by atoms with Gasteiger partial charge in [-0.3, -0.25) is 20.1 Å². The van der Waals surface area contributed by atoms with Crippen LogP contribution in [0.5, 0.6) is 5.75 Å². The molecule has 0 heterocycles. The minimum atomic E-state index is -0.981. The number of aliphatic hydroxyl groups excluding tert-OH is 1. The van der Waals surface area contributed by atoms with Gasteiger partial charge in [0.1, 0.15) is 18.5 Å². The molecule has 0 spiro atoms. The van der Waals surface area contributed by atoms with Gasteiger partial charge in [-0.15, -0.1) is 0 Å². The van der Waals surface area contributed by atoms with Gasteiger partial charge in [-0.2, -0.15) is 0 Å². The molecular formula is C21H22N2O7. The second kappa shape index (κ2) is 12.0. The number of aliphatic hydroxyl groups is 1. The van der Waals surface area contributed by atoms with E-state index in [-0.39, 0.29) is 25.2 Å². The number of carbonyl (C=O) groups excluding carboxylic acids is 3. The number of imide groups is 1. The summed E-state index contributed by atoms with van der Waals surface area (Å²) in [6.45, 7) is -0.173. The van der Waals surface area contributed by atoms with Crippen molar-refractivity contribution in [1.82, 2.24) is 10.8 Å². The highest BCUT2D eigenvalue weighted by Crippen LogP contribution is 2.30. The van der Waals surface area contributed by atoms with Crippen molar-refractivity contribution in [3.05, 3.63) is 77.9 Å². The zero-order valence-electron chi connectivity index (χ0n) is 16.0. The average Bonchev–Trinajstić information content (AvgIpc) is 2.77. The Kier molecular flexibility index (Phi) is 9.04. The fourth-order valence-electron chi connectivity index (χ4n) is 2.52. The lowest BCUT2D eigenvalue weighted by Crippen LogP contribution is -2.32. The Morgan fingerprint density at radius 1 is 1.03 bits per heavy atom. The average molecular weight is 414 g/mol. The van der Waals surface area contributed by atoms with Gasteiger partial charge in [-0.25, -0.2) is 10.3 Å². The van der Waals surface area contributed by atoms with Crippen LogP contribution in [0, 0.1) is 0 Å². The number of benzene rings is 2. The number of alkyl carbamates (subject to hydrolysis) is 1. The molecule has 0 saturated heterocycles. The number of hydrogen-bond donors (Lipinski definition) is 4. The fourth-order valence-corrected chi connectivity index (χ4v) is 2.52. The smallest absolute Gasteiger partial charge is 0.414 e. The van der Waals surface area contributed by atoms with Crippen molar-refractivity contribution in [2.24, 2.45) is 0 Å². The summed E-state index contributed by atoms with van der Waals surface area (Å²) in [4.78, 5) is 35.7. The molecule has 1 atom stereocenters. The molecule has 0 aliphatic rings. The van der Waals surface area contributed by atoms with E-state index in [1.54, 1.807) is 54.6 Å². The van der Waals surface area contributed by atoms with Gasteiger partial charge >= 0.3 is 6.09 Å². The Bertz CT molecular complexity index is 884. The van der Waals surface area contributed by atoms with Crippen molar-refractivity contribution in [2.45, 2.75) is 12.5 Å². The van der Waals surface area contributed by atoms with Crippen molar-refractivity contribution in [3.63, 3.8) is 0 Å². The summed E-state index contributed by atoms with van der Waals surface area (Å²) >= 11 is 0. The van der Waals surface area contributed by atoms with Crippen LogP contribution in [0.3, 0.4) is 0 Å². The van der Waals surface area contributed by atoms with Gasteiger partial charge < -0.3 is 14.6 Å². The van der Waals surface area contributed by atoms with E-state index in [0.29, 0.717) is 11.3 Å². The summed E-state index contributed by atoms with van der Waals surface area (Å²) in [5.74, 6) is -1.000. The zero-order chi connectivity index (χ0) is 21.8. The van der Waals surface area contributed by atoms with E-state index in [2.05, 4.69) is 5.32 Å². The summed E-state index contributed by atoms with van der Waals surface area (Å²) in [6.07, 6.45) is 0.628. The highest BCUT2D eigenvalue weighted by molar-refractivity contribution is 6.02. The predicted molar refractivity (Wildman–Crippen MR) is 106 cm³/mol. The molecule has 9 nitrogen and oxygen atoms in total. The maximum Gasteiger partial charge on any atom is 0.414 e. The van der Waals surface area contributed by atoms with E-state index >= 15 is 0 Å². The molecule has 30 heavy (non-hydrogen) atoms. The van der Waals surface area contributed by atoms with Crippen LogP contribution in [0.25, 0.3) is 0 Å². The largest absolute Gasteiger partial charge is 0.491 e. The van der Waals surface area contributed by atoms with Crippen LogP contribution in [0.15, 0.2) is 66.7 Å². The van der Waals surface area contributed by atoms with Gasteiger partial charge in [0, 0.05) is 23.6 Å². The molecule has 0 unspecified atom stereocenters. The Balaban J connectivity index is 2.17. The van der Waals surface area contributed by atoms with E-state index in [4.69, 9.17) is 19.8 Å². The third-order valence-corrected chi connectivity index (χ3v) is 3.85. The molecule has 2 aromatic rings. The summed E-state index contributed by atoms with van der Waals surface area (Å²) in [5, 5.41) is 19.7. The first-order valence-corrected chi connectivity index (χ1v) is 9.05. The minimum absolute atomic E-state index is 0.0329. The SMILES string of the molecule is O=C(/C=C/C[C@H](OC(=O)NC(=O)c1ccccc1)c1ccccc1OCCO)NO. The molecule has 4 N–H and O–H groups in total. The molecule has 0 saturated carbocycles. The highest BCUT2D eigenvalue weighted by Gasteiger charge is 2.21. The molecule has 3 amide bonds. The number of rotatable bonds is 9. The van der Waals surface area contributed by atoms with E-state index in [1.165, 1.54) is 11.6 Å². The summed E-state index contributed by atoms with van der Waals surface area (Å²) in [6, 6.07) is 14.9. The van der Waals surface area contributed by atoms with E-state index < -0.39 is 24.0 Å². The Morgan fingerprint density at radius 2 is 1.73 bits per heavy atom. The van der Waals surface area contributed by atoms with E-state index in [0.717, 1.165) is 6.08 Å². The number of hydrogen-bond acceptors (Lipinski definition) is 7. The van der Waals surface area contributed by atoms with E-state index in [1.807, 2.05) is 0 Å². The second-order valence-corrected chi connectivity index (χ2v) is 5.94. The lowest BCUT2D eigenvalue weighted by Gasteiger charge is -2.20.